The van der Waals surface area contributed by atoms with Gasteiger partial charge in [-0.05, 0) is 19.1 Å². The van der Waals surface area contributed by atoms with Crippen LogP contribution in [0.1, 0.15) is 26.6 Å². The number of amides is 1. The summed E-state index contributed by atoms with van der Waals surface area (Å²) < 4.78 is 1.60. The lowest BCUT2D eigenvalue weighted by molar-refractivity contribution is 0.0775. The summed E-state index contributed by atoms with van der Waals surface area (Å²) in [6.45, 7) is 2.24. The number of rotatable bonds is 3. The van der Waals surface area contributed by atoms with Crippen LogP contribution in [-0.4, -0.2) is 39.3 Å². The molecule has 0 saturated carbocycles. The minimum atomic E-state index is -0.149. The zero-order valence-corrected chi connectivity index (χ0v) is 13.1. The van der Waals surface area contributed by atoms with E-state index in [1.807, 2.05) is 18.4 Å². The van der Waals surface area contributed by atoms with E-state index in [1.54, 1.807) is 41.1 Å². The third-order valence-corrected chi connectivity index (χ3v) is 3.85. The quantitative estimate of drug-likeness (QED) is 0.872. The highest BCUT2D eigenvalue weighted by molar-refractivity contribution is 7.10. The Morgan fingerprint density at radius 2 is 2.29 bits per heavy atom. The van der Waals surface area contributed by atoms with Crippen LogP contribution < -0.4 is 0 Å². The van der Waals surface area contributed by atoms with Gasteiger partial charge in [-0.25, -0.2) is 0 Å². The van der Waals surface area contributed by atoms with Gasteiger partial charge in [0.1, 0.15) is 12.3 Å². The molecule has 2 aromatic heterocycles. The maximum Gasteiger partial charge on any atom is 0.272 e. The van der Waals surface area contributed by atoms with E-state index in [1.165, 1.54) is 0 Å². The molecular formula is C15H17N3O2S. The van der Waals surface area contributed by atoms with Crippen molar-refractivity contribution in [1.29, 1.82) is 0 Å². The van der Waals surface area contributed by atoms with Crippen LogP contribution in [0.15, 0.2) is 17.5 Å². The molecule has 2 heterocycles. The number of carbonyl (C=O) groups is 1. The predicted molar refractivity (Wildman–Crippen MR) is 82.0 cm³/mol. The van der Waals surface area contributed by atoms with Crippen LogP contribution in [0, 0.1) is 18.8 Å². The summed E-state index contributed by atoms with van der Waals surface area (Å²) in [6, 6.07) is 3.72. The van der Waals surface area contributed by atoms with Gasteiger partial charge in [0, 0.05) is 29.9 Å². The molecule has 0 atom stereocenters. The SMILES string of the molecule is Cc1cc(C(=O)N(C)Cc2cc(C#CCO)cs2)n(C)n1. The van der Waals surface area contributed by atoms with Gasteiger partial charge in [-0.1, -0.05) is 11.8 Å². The van der Waals surface area contributed by atoms with Crippen LogP contribution in [0.5, 0.6) is 0 Å². The molecular weight excluding hydrogens is 286 g/mol. The lowest BCUT2D eigenvalue weighted by Crippen LogP contribution is -2.27. The summed E-state index contributed by atoms with van der Waals surface area (Å²) in [5.41, 5.74) is 2.26. The van der Waals surface area contributed by atoms with Gasteiger partial charge in [0.2, 0.25) is 0 Å². The molecule has 0 radical (unpaired) electrons. The Bertz CT molecular complexity index is 706. The van der Waals surface area contributed by atoms with Gasteiger partial charge in [0.25, 0.3) is 5.91 Å². The molecule has 6 heteroatoms. The van der Waals surface area contributed by atoms with Gasteiger partial charge >= 0.3 is 0 Å². The first kappa shape index (κ1) is 15.3. The average Bonchev–Trinajstić information content (AvgIpc) is 3.02. The Kier molecular flexibility index (Phi) is 4.78. The lowest BCUT2D eigenvalue weighted by Gasteiger charge is -2.15. The van der Waals surface area contributed by atoms with E-state index in [-0.39, 0.29) is 12.5 Å². The van der Waals surface area contributed by atoms with Crippen LogP contribution in [0.25, 0.3) is 0 Å². The Balaban J connectivity index is 2.07. The normalized spacial score (nSPS) is 10.1. The molecule has 110 valence electrons. The largest absolute Gasteiger partial charge is 0.384 e. The highest BCUT2D eigenvalue weighted by atomic mass is 32.1. The highest BCUT2D eigenvalue weighted by Gasteiger charge is 2.17. The molecule has 0 aromatic carbocycles. The summed E-state index contributed by atoms with van der Waals surface area (Å²) in [5, 5.41) is 14.8. The highest BCUT2D eigenvalue weighted by Crippen LogP contribution is 2.17. The molecule has 0 saturated heterocycles. The van der Waals surface area contributed by atoms with Crippen LogP contribution in [0.4, 0.5) is 0 Å². The van der Waals surface area contributed by atoms with Crippen molar-refractivity contribution in [2.75, 3.05) is 13.7 Å². The van der Waals surface area contributed by atoms with Crippen LogP contribution in [0.3, 0.4) is 0 Å². The number of carbonyl (C=O) groups excluding carboxylic acids is 1. The number of aryl methyl sites for hydroxylation is 2. The smallest absolute Gasteiger partial charge is 0.272 e. The second kappa shape index (κ2) is 6.57. The Hall–Kier alpha value is -2.10. The fourth-order valence-corrected chi connectivity index (χ4v) is 2.85. The van der Waals surface area contributed by atoms with Gasteiger partial charge in [0.15, 0.2) is 0 Å². The van der Waals surface area contributed by atoms with Crippen LogP contribution in [-0.2, 0) is 13.6 Å². The Morgan fingerprint density at radius 1 is 1.52 bits per heavy atom. The van der Waals surface area contributed by atoms with Crippen LogP contribution >= 0.6 is 11.3 Å². The molecule has 2 aromatic rings. The molecule has 0 fully saturated rings. The zero-order chi connectivity index (χ0) is 15.4. The number of hydrogen-bond acceptors (Lipinski definition) is 4. The van der Waals surface area contributed by atoms with Crippen LogP contribution in [0.2, 0.25) is 0 Å². The molecule has 2 rings (SSSR count). The number of aromatic nitrogens is 2. The second-order valence-electron chi connectivity index (χ2n) is 4.72. The summed E-state index contributed by atoms with van der Waals surface area (Å²) in [4.78, 5) is 15.1. The van der Waals surface area contributed by atoms with Crippen molar-refractivity contribution in [3.8, 4) is 11.8 Å². The van der Waals surface area contributed by atoms with E-state index < -0.39 is 0 Å². The van der Waals surface area contributed by atoms with Gasteiger partial charge in [-0.3, -0.25) is 9.48 Å². The first-order valence-electron chi connectivity index (χ1n) is 6.44. The molecule has 21 heavy (non-hydrogen) atoms. The molecule has 0 aliphatic heterocycles. The zero-order valence-electron chi connectivity index (χ0n) is 12.3. The molecule has 1 amide bonds. The minimum Gasteiger partial charge on any atom is -0.384 e. The average molecular weight is 303 g/mol. The number of aliphatic hydroxyl groups is 1. The van der Waals surface area contributed by atoms with Gasteiger partial charge in [-0.2, -0.15) is 5.10 Å². The van der Waals surface area contributed by atoms with Crippen molar-refractivity contribution in [2.24, 2.45) is 7.05 Å². The monoisotopic (exact) mass is 303 g/mol. The number of hydrogen-bond donors (Lipinski definition) is 1. The standard InChI is InChI=1S/C15H17N3O2S/c1-11-7-14(18(3)16-11)15(20)17(2)9-13-8-12(10-21-13)5-4-6-19/h7-8,10,19H,6,9H2,1-3H3. The Labute approximate surface area is 127 Å². The summed E-state index contributed by atoms with van der Waals surface area (Å²) in [7, 11) is 3.53. The van der Waals surface area contributed by atoms with E-state index in [9.17, 15) is 4.79 Å². The van der Waals surface area contributed by atoms with Crippen molar-refractivity contribution in [2.45, 2.75) is 13.5 Å². The third kappa shape index (κ3) is 3.72. The third-order valence-electron chi connectivity index (χ3n) is 2.93. The molecule has 0 unspecified atom stereocenters. The number of aliphatic hydroxyl groups excluding tert-OH is 1. The van der Waals surface area contributed by atoms with Crippen molar-refractivity contribution in [3.63, 3.8) is 0 Å². The van der Waals surface area contributed by atoms with E-state index in [2.05, 4.69) is 16.9 Å². The summed E-state index contributed by atoms with van der Waals surface area (Å²) in [5.74, 6) is 5.40. The maximum atomic E-state index is 12.4. The second-order valence-corrected chi connectivity index (χ2v) is 5.71. The molecule has 5 nitrogen and oxygen atoms in total. The molecule has 0 bridgehead atoms. The van der Waals surface area contributed by atoms with Crippen molar-refractivity contribution in [1.82, 2.24) is 14.7 Å². The summed E-state index contributed by atoms with van der Waals surface area (Å²) in [6.07, 6.45) is 0. The topological polar surface area (TPSA) is 58.4 Å². The molecule has 0 aliphatic rings. The van der Waals surface area contributed by atoms with Crippen molar-refractivity contribution in [3.05, 3.63) is 39.3 Å². The van der Waals surface area contributed by atoms with Gasteiger partial charge < -0.3 is 10.0 Å². The Morgan fingerprint density at radius 3 is 2.90 bits per heavy atom. The first-order valence-corrected chi connectivity index (χ1v) is 7.32. The fraction of sp³-hybridized carbons (Fsp3) is 0.333. The minimum absolute atomic E-state index is 0.0607. The fourth-order valence-electron chi connectivity index (χ4n) is 1.98. The molecule has 1 N–H and O–H groups in total. The first-order chi connectivity index (χ1) is 10.0. The van der Waals surface area contributed by atoms with E-state index in [4.69, 9.17) is 5.11 Å². The maximum absolute atomic E-state index is 12.4. The van der Waals surface area contributed by atoms with Gasteiger partial charge in [0.05, 0.1) is 12.2 Å². The van der Waals surface area contributed by atoms with E-state index in [0.717, 1.165) is 16.1 Å². The van der Waals surface area contributed by atoms with Crippen molar-refractivity contribution < 1.29 is 9.90 Å². The lowest BCUT2D eigenvalue weighted by atomic mass is 10.3. The molecule has 0 aliphatic carbocycles. The number of nitrogens with zero attached hydrogens (tertiary/aromatic N) is 3. The summed E-state index contributed by atoms with van der Waals surface area (Å²) >= 11 is 1.55. The van der Waals surface area contributed by atoms with Crippen molar-refractivity contribution >= 4 is 17.2 Å². The number of thiophene rings is 1. The van der Waals surface area contributed by atoms with E-state index >= 15 is 0 Å². The predicted octanol–water partition coefficient (Wildman–Crippen LogP) is 1.41. The van der Waals surface area contributed by atoms with E-state index in [0.29, 0.717) is 12.2 Å². The molecule has 0 spiro atoms. The van der Waals surface area contributed by atoms with Gasteiger partial charge in [-0.15, -0.1) is 11.3 Å².